The minimum atomic E-state index is -0.560. The number of benzene rings is 1. The van der Waals surface area contributed by atoms with E-state index in [0.29, 0.717) is 11.3 Å². The SMILES string of the molecule is C=CC(=O)c1ccc(NC(=O)OC(C)(C)C)cc1C(C)(C)C. The van der Waals surface area contributed by atoms with Gasteiger partial charge in [-0.25, -0.2) is 4.79 Å². The van der Waals surface area contributed by atoms with E-state index >= 15 is 0 Å². The fraction of sp³-hybridized carbons (Fsp3) is 0.444. The van der Waals surface area contributed by atoms with Gasteiger partial charge in [-0.05, 0) is 56.0 Å². The fourth-order valence-electron chi connectivity index (χ4n) is 1.99. The van der Waals surface area contributed by atoms with Crippen LogP contribution in [-0.4, -0.2) is 17.5 Å². The number of amides is 1. The largest absolute Gasteiger partial charge is 0.444 e. The van der Waals surface area contributed by atoms with E-state index in [9.17, 15) is 9.59 Å². The van der Waals surface area contributed by atoms with Crippen molar-refractivity contribution in [2.24, 2.45) is 0 Å². The minimum absolute atomic E-state index is 0.131. The highest BCUT2D eigenvalue weighted by Crippen LogP contribution is 2.29. The highest BCUT2D eigenvalue weighted by Gasteiger charge is 2.22. The van der Waals surface area contributed by atoms with Crippen LogP contribution >= 0.6 is 0 Å². The maximum atomic E-state index is 12.0. The number of ketones is 1. The van der Waals surface area contributed by atoms with Crippen LogP contribution < -0.4 is 5.32 Å². The second-order valence-corrected chi connectivity index (χ2v) is 7.21. The van der Waals surface area contributed by atoms with Gasteiger partial charge >= 0.3 is 6.09 Å². The Labute approximate surface area is 132 Å². The van der Waals surface area contributed by atoms with E-state index in [1.165, 1.54) is 6.08 Å². The lowest BCUT2D eigenvalue weighted by atomic mass is 9.82. The third-order valence-electron chi connectivity index (χ3n) is 2.92. The van der Waals surface area contributed by atoms with Gasteiger partial charge in [0.2, 0.25) is 0 Å². The van der Waals surface area contributed by atoms with Gasteiger partial charge in [-0.2, -0.15) is 0 Å². The predicted octanol–water partition coefficient (Wildman–Crippen LogP) is 4.70. The molecule has 4 nitrogen and oxygen atoms in total. The number of ether oxygens (including phenoxy) is 1. The molecule has 0 bridgehead atoms. The normalized spacial score (nSPS) is 11.7. The van der Waals surface area contributed by atoms with Gasteiger partial charge in [0, 0.05) is 11.3 Å². The van der Waals surface area contributed by atoms with E-state index in [4.69, 9.17) is 4.74 Å². The van der Waals surface area contributed by atoms with Crippen molar-refractivity contribution in [3.8, 4) is 0 Å². The average Bonchev–Trinajstić information content (AvgIpc) is 2.34. The second-order valence-electron chi connectivity index (χ2n) is 7.21. The summed E-state index contributed by atoms with van der Waals surface area (Å²) in [6, 6.07) is 5.20. The molecule has 0 heterocycles. The number of hydrogen-bond donors (Lipinski definition) is 1. The van der Waals surface area contributed by atoms with Crippen molar-refractivity contribution in [3.05, 3.63) is 42.0 Å². The van der Waals surface area contributed by atoms with Gasteiger partial charge in [0.1, 0.15) is 5.60 Å². The monoisotopic (exact) mass is 303 g/mol. The summed E-state index contributed by atoms with van der Waals surface area (Å²) >= 11 is 0. The summed E-state index contributed by atoms with van der Waals surface area (Å²) < 4.78 is 5.23. The zero-order valence-electron chi connectivity index (χ0n) is 14.2. The summed E-state index contributed by atoms with van der Waals surface area (Å²) in [7, 11) is 0. The predicted molar refractivity (Wildman–Crippen MR) is 89.5 cm³/mol. The molecular formula is C18H25NO3. The summed E-state index contributed by atoms with van der Waals surface area (Å²) in [6.45, 7) is 15.0. The third kappa shape index (κ3) is 5.02. The van der Waals surface area contributed by atoms with Gasteiger partial charge in [0.05, 0.1) is 0 Å². The zero-order chi connectivity index (χ0) is 17.1. The van der Waals surface area contributed by atoms with Crippen LogP contribution in [0.25, 0.3) is 0 Å². The molecular weight excluding hydrogens is 278 g/mol. The van der Waals surface area contributed by atoms with E-state index in [-0.39, 0.29) is 11.2 Å². The lowest BCUT2D eigenvalue weighted by Gasteiger charge is -2.24. The highest BCUT2D eigenvalue weighted by molar-refractivity contribution is 6.06. The standard InChI is InChI=1S/C18H25NO3/c1-8-15(20)13-10-9-12(11-14(13)17(2,3)4)19-16(21)22-18(5,6)7/h8-11H,1H2,2-7H3,(H,19,21). The Balaban J connectivity index is 3.13. The van der Waals surface area contributed by atoms with E-state index in [1.54, 1.807) is 39.0 Å². The molecule has 0 aliphatic heterocycles. The number of allylic oxidation sites excluding steroid dienone is 1. The first-order valence-electron chi connectivity index (χ1n) is 7.25. The average molecular weight is 303 g/mol. The van der Waals surface area contributed by atoms with Crippen LogP contribution in [0, 0.1) is 0 Å². The van der Waals surface area contributed by atoms with Crippen LogP contribution in [0.1, 0.15) is 57.5 Å². The summed E-state index contributed by atoms with van der Waals surface area (Å²) in [5, 5.41) is 2.70. The Hall–Kier alpha value is -2.10. The van der Waals surface area contributed by atoms with Crippen LogP contribution in [0.2, 0.25) is 0 Å². The minimum Gasteiger partial charge on any atom is -0.444 e. The summed E-state index contributed by atoms with van der Waals surface area (Å²) in [5.41, 5.74) is 1.25. The zero-order valence-corrected chi connectivity index (χ0v) is 14.2. The molecule has 1 rings (SSSR count). The van der Waals surface area contributed by atoms with E-state index in [2.05, 4.69) is 11.9 Å². The molecule has 120 valence electrons. The van der Waals surface area contributed by atoms with Gasteiger partial charge in [0.15, 0.2) is 5.78 Å². The van der Waals surface area contributed by atoms with Crippen molar-refractivity contribution in [3.63, 3.8) is 0 Å². The van der Waals surface area contributed by atoms with E-state index < -0.39 is 11.7 Å². The Bertz CT molecular complexity index is 589. The summed E-state index contributed by atoms with van der Waals surface area (Å²) in [4.78, 5) is 23.8. The number of anilines is 1. The number of rotatable bonds is 3. The van der Waals surface area contributed by atoms with Crippen LogP contribution in [0.5, 0.6) is 0 Å². The quantitative estimate of drug-likeness (QED) is 0.650. The molecule has 0 atom stereocenters. The van der Waals surface area contributed by atoms with Crippen LogP contribution in [-0.2, 0) is 10.2 Å². The molecule has 0 saturated carbocycles. The van der Waals surface area contributed by atoms with Crippen LogP contribution in [0.15, 0.2) is 30.9 Å². The molecule has 22 heavy (non-hydrogen) atoms. The molecule has 1 N–H and O–H groups in total. The Morgan fingerprint density at radius 1 is 1.14 bits per heavy atom. The van der Waals surface area contributed by atoms with Gasteiger partial charge in [-0.1, -0.05) is 27.4 Å². The van der Waals surface area contributed by atoms with Crippen molar-refractivity contribution in [1.82, 2.24) is 0 Å². The summed E-state index contributed by atoms with van der Waals surface area (Å²) in [6.07, 6.45) is 0.779. The number of carbonyl (C=O) groups is 2. The van der Waals surface area contributed by atoms with Gasteiger partial charge < -0.3 is 4.74 Å². The summed E-state index contributed by atoms with van der Waals surface area (Å²) in [5.74, 6) is -0.131. The third-order valence-corrected chi connectivity index (χ3v) is 2.92. The van der Waals surface area contributed by atoms with Gasteiger partial charge in [-0.3, -0.25) is 10.1 Å². The van der Waals surface area contributed by atoms with Crippen LogP contribution in [0.4, 0.5) is 10.5 Å². The van der Waals surface area contributed by atoms with Crippen molar-refractivity contribution < 1.29 is 14.3 Å². The molecule has 1 amide bonds. The Kier molecular flexibility index (Phi) is 5.17. The number of nitrogens with one attached hydrogen (secondary N) is 1. The molecule has 0 saturated heterocycles. The van der Waals surface area contributed by atoms with Gasteiger partial charge in [-0.15, -0.1) is 0 Å². The maximum Gasteiger partial charge on any atom is 0.412 e. The topological polar surface area (TPSA) is 55.4 Å². The molecule has 0 aromatic heterocycles. The molecule has 1 aromatic carbocycles. The van der Waals surface area contributed by atoms with E-state index in [0.717, 1.165) is 5.56 Å². The number of hydrogen-bond acceptors (Lipinski definition) is 3. The molecule has 0 aliphatic carbocycles. The maximum absolute atomic E-state index is 12.0. The Morgan fingerprint density at radius 2 is 1.73 bits per heavy atom. The smallest absolute Gasteiger partial charge is 0.412 e. The Morgan fingerprint density at radius 3 is 2.18 bits per heavy atom. The molecule has 0 radical (unpaired) electrons. The van der Waals surface area contributed by atoms with Gasteiger partial charge in [0.25, 0.3) is 0 Å². The highest BCUT2D eigenvalue weighted by atomic mass is 16.6. The molecule has 4 heteroatoms. The molecule has 0 spiro atoms. The van der Waals surface area contributed by atoms with Crippen molar-refractivity contribution in [2.75, 3.05) is 5.32 Å². The number of carbonyl (C=O) groups excluding carboxylic acids is 2. The fourth-order valence-corrected chi connectivity index (χ4v) is 1.99. The second kappa shape index (κ2) is 6.34. The van der Waals surface area contributed by atoms with Crippen molar-refractivity contribution in [2.45, 2.75) is 52.6 Å². The lowest BCUT2D eigenvalue weighted by Crippen LogP contribution is -2.27. The molecule has 1 aromatic rings. The van der Waals surface area contributed by atoms with Crippen molar-refractivity contribution >= 4 is 17.6 Å². The molecule has 0 fully saturated rings. The lowest BCUT2D eigenvalue weighted by molar-refractivity contribution is 0.0636. The first-order valence-corrected chi connectivity index (χ1v) is 7.25. The van der Waals surface area contributed by atoms with Crippen molar-refractivity contribution in [1.29, 1.82) is 0 Å². The molecule has 0 aliphatic rings. The first kappa shape index (κ1) is 18.0. The van der Waals surface area contributed by atoms with E-state index in [1.807, 2.05) is 20.8 Å². The van der Waals surface area contributed by atoms with Crippen LogP contribution in [0.3, 0.4) is 0 Å². The first-order chi connectivity index (χ1) is 9.94. The molecule has 0 unspecified atom stereocenters.